The topological polar surface area (TPSA) is 89.9 Å². The lowest BCUT2D eigenvalue weighted by atomic mass is 10.1. The number of nitrogens with zero attached hydrogens (tertiary/aromatic N) is 1. The Hall–Kier alpha value is -0.790. The summed E-state index contributed by atoms with van der Waals surface area (Å²) in [7, 11) is 0. The third-order valence-electron chi connectivity index (χ3n) is 2.86. The number of carbonyl (C=O) groups is 2. The first kappa shape index (κ1) is 11.7. The molecule has 2 heterocycles. The van der Waals surface area contributed by atoms with Gasteiger partial charge in [0.05, 0.1) is 18.0 Å². The van der Waals surface area contributed by atoms with Crippen molar-refractivity contribution in [1.82, 2.24) is 10.2 Å². The number of aliphatic carboxylic acids is 1. The van der Waals surface area contributed by atoms with Crippen LogP contribution in [0.15, 0.2) is 0 Å². The monoisotopic (exact) mass is 246 g/mol. The van der Waals surface area contributed by atoms with E-state index in [4.69, 9.17) is 5.11 Å². The molecule has 2 fully saturated rings. The number of carboxylic acid groups (broad SMARTS) is 1. The molecule has 2 rings (SSSR count). The minimum absolute atomic E-state index is 0.214. The fourth-order valence-corrected chi connectivity index (χ4v) is 3.12. The average Bonchev–Trinajstić information content (AvgIpc) is 2.84. The third kappa shape index (κ3) is 2.16. The van der Waals surface area contributed by atoms with E-state index in [1.807, 2.05) is 0 Å². The summed E-state index contributed by atoms with van der Waals surface area (Å²) in [5.74, 6) is -0.314. The van der Waals surface area contributed by atoms with Gasteiger partial charge in [0.25, 0.3) is 0 Å². The van der Waals surface area contributed by atoms with Crippen LogP contribution in [0.2, 0.25) is 0 Å². The van der Waals surface area contributed by atoms with Gasteiger partial charge in [0.15, 0.2) is 0 Å². The lowest BCUT2D eigenvalue weighted by Crippen LogP contribution is -2.49. The number of β-amino-alcohol motifs (C(OH)–C–C–N with tert-alkyl or cyclic N) is 1. The van der Waals surface area contributed by atoms with Crippen molar-refractivity contribution >= 4 is 23.6 Å². The molecule has 0 radical (unpaired) electrons. The Bertz CT molecular complexity index is 312. The van der Waals surface area contributed by atoms with E-state index in [1.165, 1.54) is 16.7 Å². The molecule has 0 bridgehead atoms. The van der Waals surface area contributed by atoms with Gasteiger partial charge in [-0.3, -0.25) is 4.79 Å². The number of nitrogens with one attached hydrogen (secondary N) is 1. The number of aliphatic hydroxyl groups is 1. The molecule has 3 atom stereocenters. The van der Waals surface area contributed by atoms with Crippen molar-refractivity contribution in [2.45, 2.75) is 24.6 Å². The van der Waals surface area contributed by atoms with Gasteiger partial charge < -0.3 is 20.4 Å². The summed E-state index contributed by atoms with van der Waals surface area (Å²) in [5.41, 5.74) is 0. The number of hydrogen-bond acceptors (Lipinski definition) is 5. The number of carboxylic acids is 1. The Labute approximate surface area is 97.0 Å². The molecule has 1 amide bonds. The molecule has 0 aromatic rings. The molecule has 0 saturated carbocycles. The zero-order chi connectivity index (χ0) is 11.7. The van der Waals surface area contributed by atoms with Crippen LogP contribution >= 0.6 is 11.8 Å². The predicted octanol–water partition coefficient (Wildman–Crippen LogP) is -1.30. The summed E-state index contributed by atoms with van der Waals surface area (Å²) >= 11 is 1.44. The summed E-state index contributed by atoms with van der Waals surface area (Å²) in [6.45, 7) is 0.398. The van der Waals surface area contributed by atoms with Gasteiger partial charge in [0, 0.05) is 12.3 Å². The molecule has 90 valence electrons. The van der Waals surface area contributed by atoms with E-state index in [1.54, 1.807) is 0 Å². The van der Waals surface area contributed by atoms with E-state index in [9.17, 15) is 14.7 Å². The summed E-state index contributed by atoms with van der Waals surface area (Å²) in [6, 6.07) is -1.16. The van der Waals surface area contributed by atoms with E-state index >= 15 is 0 Å². The van der Waals surface area contributed by atoms with Crippen LogP contribution in [0.4, 0.5) is 0 Å². The first-order chi connectivity index (χ1) is 7.59. The van der Waals surface area contributed by atoms with Crippen LogP contribution in [0.1, 0.15) is 6.42 Å². The van der Waals surface area contributed by atoms with E-state index in [0.717, 1.165) is 0 Å². The molecule has 0 aromatic heterocycles. The Morgan fingerprint density at radius 2 is 2.19 bits per heavy atom. The highest BCUT2D eigenvalue weighted by molar-refractivity contribution is 7.99. The van der Waals surface area contributed by atoms with Crippen molar-refractivity contribution in [1.29, 1.82) is 0 Å². The average molecular weight is 246 g/mol. The Morgan fingerprint density at radius 1 is 1.44 bits per heavy atom. The first-order valence-electron chi connectivity index (χ1n) is 5.12. The van der Waals surface area contributed by atoms with Crippen molar-refractivity contribution < 1.29 is 19.8 Å². The van der Waals surface area contributed by atoms with Crippen molar-refractivity contribution in [2.75, 3.05) is 18.2 Å². The maximum atomic E-state index is 12.0. The highest BCUT2D eigenvalue weighted by Gasteiger charge is 2.39. The number of rotatable bonds is 2. The fraction of sp³-hybridized carbons (Fsp3) is 0.778. The van der Waals surface area contributed by atoms with Crippen molar-refractivity contribution in [3.63, 3.8) is 0 Å². The molecule has 0 aromatic carbocycles. The van der Waals surface area contributed by atoms with Crippen LogP contribution < -0.4 is 5.32 Å². The molecule has 2 saturated heterocycles. The van der Waals surface area contributed by atoms with Crippen LogP contribution in [0.3, 0.4) is 0 Å². The second kappa shape index (κ2) is 4.60. The van der Waals surface area contributed by atoms with Gasteiger partial charge >= 0.3 is 5.97 Å². The molecule has 2 aliphatic rings. The van der Waals surface area contributed by atoms with Crippen LogP contribution in [0.25, 0.3) is 0 Å². The van der Waals surface area contributed by atoms with Gasteiger partial charge in [-0.15, -0.1) is 11.8 Å². The highest BCUT2D eigenvalue weighted by Crippen LogP contribution is 2.23. The molecule has 7 heteroatoms. The van der Waals surface area contributed by atoms with Crippen LogP contribution in [-0.2, 0) is 9.59 Å². The van der Waals surface area contributed by atoms with Gasteiger partial charge in [-0.25, -0.2) is 4.79 Å². The SMILES string of the molecule is O=C(O)[C@@H]1CSCN1C(=O)C1CC(O)CN1. The van der Waals surface area contributed by atoms with Crippen LogP contribution in [-0.4, -0.2) is 63.4 Å². The van der Waals surface area contributed by atoms with Gasteiger partial charge in [0.2, 0.25) is 5.91 Å². The molecule has 6 nitrogen and oxygen atoms in total. The highest BCUT2D eigenvalue weighted by atomic mass is 32.2. The smallest absolute Gasteiger partial charge is 0.327 e. The van der Waals surface area contributed by atoms with Crippen molar-refractivity contribution in [2.24, 2.45) is 0 Å². The molecular formula is C9H14N2O4S. The number of thioether (sulfide) groups is 1. The van der Waals surface area contributed by atoms with Gasteiger partial charge in [0.1, 0.15) is 6.04 Å². The number of carbonyl (C=O) groups excluding carboxylic acids is 1. The molecule has 0 aliphatic carbocycles. The quantitative estimate of drug-likeness (QED) is 0.561. The predicted molar refractivity (Wildman–Crippen MR) is 58.0 cm³/mol. The molecule has 2 aliphatic heterocycles. The largest absolute Gasteiger partial charge is 0.480 e. The second-order valence-electron chi connectivity index (χ2n) is 4.01. The summed E-state index contributed by atoms with van der Waals surface area (Å²) < 4.78 is 0. The van der Waals surface area contributed by atoms with Crippen LogP contribution in [0, 0.1) is 0 Å². The summed E-state index contributed by atoms with van der Waals surface area (Å²) in [6.07, 6.45) is -0.140. The summed E-state index contributed by atoms with van der Waals surface area (Å²) in [4.78, 5) is 24.3. The summed E-state index contributed by atoms with van der Waals surface area (Å²) in [5, 5.41) is 21.2. The van der Waals surface area contributed by atoms with E-state index in [2.05, 4.69) is 5.32 Å². The Morgan fingerprint density at radius 3 is 2.75 bits per heavy atom. The van der Waals surface area contributed by atoms with Crippen molar-refractivity contribution in [3.8, 4) is 0 Å². The maximum absolute atomic E-state index is 12.0. The molecule has 3 N–H and O–H groups in total. The van der Waals surface area contributed by atoms with Gasteiger partial charge in [-0.2, -0.15) is 0 Å². The minimum atomic E-state index is -0.961. The zero-order valence-corrected chi connectivity index (χ0v) is 9.44. The number of hydrogen-bond donors (Lipinski definition) is 3. The molecule has 0 spiro atoms. The second-order valence-corrected chi connectivity index (χ2v) is 5.01. The lowest BCUT2D eigenvalue weighted by Gasteiger charge is -2.23. The maximum Gasteiger partial charge on any atom is 0.327 e. The van der Waals surface area contributed by atoms with Gasteiger partial charge in [-0.05, 0) is 6.42 Å². The Kier molecular flexibility index (Phi) is 3.36. The fourth-order valence-electron chi connectivity index (χ4n) is 1.97. The third-order valence-corrected chi connectivity index (χ3v) is 3.87. The van der Waals surface area contributed by atoms with E-state index < -0.39 is 24.2 Å². The standard InChI is InChI=1S/C9H14N2O4S/c12-5-1-6(10-2-5)8(13)11-4-16-3-7(11)9(14)15/h5-7,10,12H,1-4H2,(H,14,15)/t5?,6?,7-/m0/s1. The van der Waals surface area contributed by atoms with Crippen LogP contribution in [0.5, 0.6) is 0 Å². The number of amides is 1. The van der Waals surface area contributed by atoms with E-state index in [0.29, 0.717) is 24.6 Å². The van der Waals surface area contributed by atoms with Gasteiger partial charge in [-0.1, -0.05) is 0 Å². The normalized spacial score (nSPS) is 34.3. The Balaban J connectivity index is 2.01. The zero-order valence-electron chi connectivity index (χ0n) is 8.63. The number of aliphatic hydroxyl groups excluding tert-OH is 1. The molecular weight excluding hydrogens is 232 g/mol. The minimum Gasteiger partial charge on any atom is -0.480 e. The first-order valence-corrected chi connectivity index (χ1v) is 6.27. The van der Waals surface area contributed by atoms with Crippen molar-refractivity contribution in [3.05, 3.63) is 0 Å². The molecule has 16 heavy (non-hydrogen) atoms. The lowest BCUT2D eigenvalue weighted by molar-refractivity contribution is -0.148. The molecule has 2 unspecified atom stereocenters. The van der Waals surface area contributed by atoms with E-state index in [-0.39, 0.29) is 5.91 Å².